The van der Waals surface area contributed by atoms with Gasteiger partial charge in [0, 0.05) is 43.5 Å². The quantitative estimate of drug-likeness (QED) is 0.713. The van der Waals surface area contributed by atoms with E-state index in [-0.39, 0.29) is 11.0 Å². The molecular weight excluding hydrogens is 276 g/mol. The lowest BCUT2D eigenvalue weighted by molar-refractivity contribution is 0.189. The molecule has 22 heavy (non-hydrogen) atoms. The Hall–Kier alpha value is -1.13. The molecule has 4 heteroatoms. The molecule has 0 saturated carbocycles. The second kappa shape index (κ2) is 9.11. The number of ether oxygens (including phenoxy) is 1. The van der Waals surface area contributed by atoms with Crippen molar-refractivity contribution in [1.29, 1.82) is 0 Å². The van der Waals surface area contributed by atoms with E-state index in [0.717, 1.165) is 37.1 Å². The highest BCUT2D eigenvalue weighted by molar-refractivity contribution is 5.21. The number of aromatic nitrogens is 1. The zero-order valence-electron chi connectivity index (χ0n) is 14.9. The van der Waals surface area contributed by atoms with Gasteiger partial charge in [0.05, 0.1) is 0 Å². The first kappa shape index (κ1) is 18.9. The number of methoxy groups -OCH3 is 1. The Bertz CT molecular complexity index is 501. The number of hydrogen-bond donors (Lipinski definition) is 1. The second-order valence-electron chi connectivity index (χ2n) is 6.83. The molecule has 0 atom stereocenters. The summed E-state index contributed by atoms with van der Waals surface area (Å²) in [5, 5.41) is 3.36. The molecular formula is C18H32N2O2. The number of unbranched alkanes of at least 4 members (excludes halogenated alkanes) is 1. The predicted molar refractivity (Wildman–Crippen MR) is 92.5 cm³/mol. The largest absolute Gasteiger partial charge is 0.385 e. The highest BCUT2D eigenvalue weighted by Crippen LogP contribution is 2.21. The van der Waals surface area contributed by atoms with Crippen LogP contribution in [0.15, 0.2) is 16.9 Å². The Balaban J connectivity index is 2.97. The SMILES string of the molecule is CCCCNCc1ccc(C(C)(C)C)n(CCCOC)c1=O. The van der Waals surface area contributed by atoms with E-state index in [9.17, 15) is 4.79 Å². The molecule has 4 nitrogen and oxygen atoms in total. The average molecular weight is 308 g/mol. The number of nitrogens with one attached hydrogen (secondary N) is 1. The molecule has 1 rings (SSSR count). The van der Waals surface area contributed by atoms with Crippen LogP contribution >= 0.6 is 0 Å². The smallest absolute Gasteiger partial charge is 0.255 e. The predicted octanol–water partition coefficient (Wildman–Crippen LogP) is 3.07. The van der Waals surface area contributed by atoms with Gasteiger partial charge in [-0.2, -0.15) is 0 Å². The Morgan fingerprint density at radius 2 is 1.95 bits per heavy atom. The highest BCUT2D eigenvalue weighted by atomic mass is 16.5. The molecule has 1 aromatic heterocycles. The molecule has 0 aliphatic rings. The van der Waals surface area contributed by atoms with Gasteiger partial charge < -0.3 is 14.6 Å². The second-order valence-corrected chi connectivity index (χ2v) is 6.83. The molecule has 1 N–H and O–H groups in total. The van der Waals surface area contributed by atoms with E-state index >= 15 is 0 Å². The van der Waals surface area contributed by atoms with Gasteiger partial charge in [0.1, 0.15) is 0 Å². The molecule has 0 unspecified atom stereocenters. The highest BCUT2D eigenvalue weighted by Gasteiger charge is 2.19. The van der Waals surface area contributed by atoms with Crippen LogP contribution in [0.4, 0.5) is 0 Å². The van der Waals surface area contributed by atoms with Crippen molar-refractivity contribution in [1.82, 2.24) is 9.88 Å². The van der Waals surface area contributed by atoms with Crippen molar-refractivity contribution in [3.63, 3.8) is 0 Å². The van der Waals surface area contributed by atoms with Crippen LogP contribution in [0.25, 0.3) is 0 Å². The molecule has 0 amide bonds. The van der Waals surface area contributed by atoms with Crippen molar-refractivity contribution in [2.24, 2.45) is 0 Å². The van der Waals surface area contributed by atoms with Gasteiger partial charge in [-0.05, 0) is 25.5 Å². The van der Waals surface area contributed by atoms with E-state index < -0.39 is 0 Å². The summed E-state index contributed by atoms with van der Waals surface area (Å²) in [6.07, 6.45) is 3.16. The molecule has 0 saturated heterocycles. The monoisotopic (exact) mass is 308 g/mol. The van der Waals surface area contributed by atoms with Crippen LogP contribution in [0.1, 0.15) is 58.2 Å². The minimum Gasteiger partial charge on any atom is -0.385 e. The van der Waals surface area contributed by atoms with Gasteiger partial charge in [0.15, 0.2) is 0 Å². The lowest BCUT2D eigenvalue weighted by Crippen LogP contribution is -2.33. The summed E-state index contributed by atoms with van der Waals surface area (Å²) in [5.74, 6) is 0. The fourth-order valence-corrected chi connectivity index (χ4v) is 2.53. The molecule has 0 spiro atoms. The lowest BCUT2D eigenvalue weighted by atomic mass is 9.90. The molecule has 0 fully saturated rings. The van der Waals surface area contributed by atoms with E-state index in [1.54, 1.807) is 7.11 Å². The van der Waals surface area contributed by atoms with Crippen molar-refractivity contribution < 1.29 is 4.74 Å². The van der Waals surface area contributed by atoms with Crippen LogP contribution in [0, 0.1) is 0 Å². The maximum atomic E-state index is 12.8. The van der Waals surface area contributed by atoms with Gasteiger partial charge in [0.25, 0.3) is 5.56 Å². The lowest BCUT2D eigenvalue weighted by Gasteiger charge is -2.25. The van der Waals surface area contributed by atoms with E-state index in [4.69, 9.17) is 4.74 Å². The molecule has 0 bridgehead atoms. The standard InChI is InChI=1S/C18H32N2O2/c1-6-7-11-19-14-15-9-10-16(18(2,3)4)20(17(15)21)12-8-13-22-5/h9-10,19H,6-8,11-14H2,1-5H3. The fraction of sp³-hybridized carbons (Fsp3) is 0.722. The molecule has 1 aromatic rings. The molecule has 1 heterocycles. The topological polar surface area (TPSA) is 43.3 Å². The van der Waals surface area contributed by atoms with Crippen LogP contribution in [0.2, 0.25) is 0 Å². The number of rotatable bonds is 9. The minimum absolute atomic E-state index is 0.0413. The Morgan fingerprint density at radius 3 is 2.55 bits per heavy atom. The molecule has 0 aliphatic carbocycles. The van der Waals surface area contributed by atoms with Gasteiger partial charge in [-0.15, -0.1) is 0 Å². The van der Waals surface area contributed by atoms with Crippen molar-refractivity contribution >= 4 is 0 Å². The number of hydrogen-bond acceptors (Lipinski definition) is 3. The van der Waals surface area contributed by atoms with Crippen molar-refractivity contribution in [3.05, 3.63) is 33.7 Å². The first-order valence-electron chi connectivity index (χ1n) is 8.34. The zero-order valence-corrected chi connectivity index (χ0v) is 14.9. The van der Waals surface area contributed by atoms with Gasteiger partial charge in [-0.25, -0.2) is 0 Å². The summed E-state index contributed by atoms with van der Waals surface area (Å²) in [7, 11) is 1.70. The Kier molecular flexibility index (Phi) is 7.83. The summed E-state index contributed by atoms with van der Waals surface area (Å²) in [4.78, 5) is 12.8. The molecule has 126 valence electrons. The van der Waals surface area contributed by atoms with Crippen molar-refractivity contribution in [2.45, 2.75) is 65.5 Å². The summed E-state index contributed by atoms with van der Waals surface area (Å²) in [6.45, 7) is 11.6. The van der Waals surface area contributed by atoms with Crippen LogP contribution in [0.3, 0.4) is 0 Å². The van der Waals surface area contributed by atoms with Gasteiger partial charge >= 0.3 is 0 Å². The van der Waals surface area contributed by atoms with E-state index in [1.807, 2.05) is 10.6 Å². The number of nitrogens with zero attached hydrogens (tertiary/aromatic N) is 1. The van der Waals surface area contributed by atoms with Crippen molar-refractivity contribution in [2.75, 3.05) is 20.3 Å². The first-order chi connectivity index (χ1) is 10.4. The van der Waals surface area contributed by atoms with Gasteiger partial charge in [-0.3, -0.25) is 4.79 Å². The van der Waals surface area contributed by atoms with Crippen LogP contribution in [-0.2, 0) is 23.2 Å². The summed E-state index contributed by atoms with van der Waals surface area (Å²) < 4.78 is 7.05. The van der Waals surface area contributed by atoms with Crippen LogP contribution in [0.5, 0.6) is 0 Å². The third-order valence-electron chi connectivity index (χ3n) is 3.77. The first-order valence-corrected chi connectivity index (χ1v) is 8.34. The minimum atomic E-state index is -0.0413. The van der Waals surface area contributed by atoms with Crippen LogP contribution < -0.4 is 10.9 Å². The fourth-order valence-electron chi connectivity index (χ4n) is 2.53. The molecule has 0 radical (unpaired) electrons. The zero-order chi connectivity index (χ0) is 16.6. The third kappa shape index (κ3) is 5.58. The van der Waals surface area contributed by atoms with E-state index in [0.29, 0.717) is 19.7 Å². The summed E-state index contributed by atoms with van der Waals surface area (Å²) >= 11 is 0. The van der Waals surface area contributed by atoms with Crippen molar-refractivity contribution in [3.8, 4) is 0 Å². The third-order valence-corrected chi connectivity index (χ3v) is 3.77. The van der Waals surface area contributed by atoms with Crippen LogP contribution in [-0.4, -0.2) is 24.8 Å². The van der Waals surface area contributed by atoms with E-state index in [2.05, 4.69) is 39.1 Å². The summed E-state index contributed by atoms with van der Waals surface area (Å²) in [5.41, 5.74) is 2.03. The average Bonchev–Trinajstić information content (AvgIpc) is 2.45. The Labute approximate surface area is 134 Å². The summed E-state index contributed by atoms with van der Waals surface area (Å²) in [6, 6.07) is 4.08. The van der Waals surface area contributed by atoms with E-state index in [1.165, 1.54) is 0 Å². The normalized spacial score (nSPS) is 11.9. The number of pyridine rings is 1. The molecule has 0 aliphatic heterocycles. The van der Waals surface area contributed by atoms with Gasteiger partial charge in [-0.1, -0.05) is 40.2 Å². The maximum Gasteiger partial charge on any atom is 0.255 e. The maximum absolute atomic E-state index is 12.8. The molecule has 0 aromatic carbocycles. The Morgan fingerprint density at radius 1 is 1.23 bits per heavy atom. The van der Waals surface area contributed by atoms with Gasteiger partial charge in [0.2, 0.25) is 0 Å².